The van der Waals surface area contributed by atoms with Gasteiger partial charge in [-0.05, 0) is 29.2 Å². The second kappa shape index (κ2) is 10.4. The van der Waals surface area contributed by atoms with E-state index in [-0.39, 0.29) is 12.2 Å². The van der Waals surface area contributed by atoms with E-state index in [4.69, 9.17) is 9.47 Å². The summed E-state index contributed by atoms with van der Waals surface area (Å²) in [4.78, 5) is 36.4. The highest BCUT2D eigenvalue weighted by molar-refractivity contribution is 5.97. The molecule has 148 valence electrons. The van der Waals surface area contributed by atoms with Gasteiger partial charge in [0.25, 0.3) is 0 Å². The molecule has 0 fully saturated rings. The zero-order valence-electron chi connectivity index (χ0n) is 16.6. The molecule has 2 aromatic carbocycles. The third-order valence-corrected chi connectivity index (χ3v) is 4.68. The van der Waals surface area contributed by atoms with Crippen LogP contribution in [0.5, 0.6) is 0 Å². The van der Waals surface area contributed by atoms with E-state index in [1.54, 1.807) is 24.3 Å². The molecule has 28 heavy (non-hydrogen) atoms. The van der Waals surface area contributed by atoms with Gasteiger partial charge in [-0.15, -0.1) is 0 Å². The number of carbonyl (C=O) groups excluding carboxylic acids is 3. The van der Waals surface area contributed by atoms with Crippen LogP contribution in [0, 0.1) is 0 Å². The molecule has 5 heteroatoms. The van der Waals surface area contributed by atoms with Crippen LogP contribution < -0.4 is 0 Å². The number of hydrogen-bond donors (Lipinski definition) is 0. The molecule has 0 radical (unpaired) electrons. The van der Waals surface area contributed by atoms with Crippen LogP contribution in [0.2, 0.25) is 0 Å². The van der Waals surface area contributed by atoms with Gasteiger partial charge in [-0.3, -0.25) is 9.59 Å². The molecule has 0 aromatic heterocycles. The minimum absolute atomic E-state index is 0.0531. The first-order chi connectivity index (χ1) is 13.5. The van der Waals surface area contributed by atoms with Crippen LogP contribution in [-0.4, -0.2) is 31.9 Å². The molecule has 1 unspecified atom stereocenters. The Morgan fingerprint density at radius 1 is 0.929 bits per heavy atom. The molecule has 0 heterocycles. The van der Waals surface area contributed by atoms with Crippen LogP contribution in [-0.2, 0) is 19.1 Å². The Balaban J connectivity index is 2.29. The number of Topliss-reactive ketones (excluding diaryl/α,β-unsaturated/α-hetero) is 1. The lowest BCUT2D eigenvalue weighted by Gasteiger charge is -2.15. The molecule has 5 nitrogen and oxygen atoms in total. The Labute approximate surface area is 165 Å². The van der Waals surface area contributed by atoms with Crippen molar-refractivity contribution in [3.8, 4) is 11.1 Å². The van der Waals surface area contributed by atoms with E-state index in [0.29, 0.717) is 12.0 Å². The fourth-order valence-corrected chi connectivity index (χ4v) is 3.10. The maximum Gasteiger partial charge on any atom is 0.338 e. The summed E-state index contributed by atoms with van der Waals surface area (Å²) in [5, 5.41) is 0. The maximum atomic E-state index is 12.2. The van der Waals surface area contributed by atoms with E-state index < -0.39 is 17.9 Å². The highest BCUT2D eigenvalue weighted by atomic mass is 16.5. The molecular weight excluding hydrogens is 356 g/mol. The zero-order chi connectivity index (χ0) is 20.5. The van der Waals surface area contributed by atoms with Gasteiger partial charge in [0.05, 0.1) is 25.7 Å². The molecule has 0 aliphatic carbocycles. The van der Waals surface area contributed by atoms with E-state index >= 15 is 0 Å². The van der Waals surface area contributed by atoms with Crippen LogP contribution in [0.1, 0.15) is 54.4 Å². The number of ether oxygens (including phenoxy) is 2. The van der Waals surface area contributed by atoms with Crippen molar-refractivity contribution in [1.82, 2.24) is 0 Å². The molecule has 0 saturated carbocycles. The zero-order valence-corrected chi connectivity index (χ0v) is 16.6. The van der Waals surface area contributed by atoms with Gasteiger partial charge in [0.2, 0.25) is 0 Å². The lowest BCUT2D eigenvalue weighted by molar-refractivity contribution is -0.144. The topological polar surface area (TPSA) is 69.7 Å². The quantitative estimate of drug-likeness (QED) is 0.595. The third-order valence-electron chi connectivity index (χ3n) is 4.68. The SMILES string of the molecule is CCCCC(=O)CC(C(=O)OC)c1ccc(-c2ccccc2C(=O)OC)cc1. The first kappa shape index (κ1) is 21.4. The highest BCUT2D eigenvalue weighted by Gasteiger charge is 2.24. The van der Waals surface area contributed by atoms with Gasteiger partial charge in [0.1, 0.15) is 5.78 Å². The fraction of sp³-hybridized carbons (Fsp3) is 0.348. The normalized spacial score (nSPS) is 11.5. The van der Waals surface area contributed by atoms with E-state index in [1.807, 2.05) is 31.2 Å². The fourth-order valence-electron chi connectivity index (χ4n) is 3.10. The molecule has 0 bridgehead atoms. The number of unbranched alkanes of at least 4 members (excludes halogenated alkanes) is 1. The van der Waals surface area contributed by atoms with Gasteiger partial charge in [-0.2, -0.15) is 0 Å². The van der Waals surface area contributed by atoms with Crippen molar-refractivity contribution in [2.24, 2.45) is 0 Å². The number of benzene rings is 2. The first-order valence-electron chi connectivity index (χ1n) is 9.39. The second-order valence-corrected chi connectivity index (χ2v) is 6.58. The summed E-state index contributed by atoms with van der Waals surface area (Å²) in [5.74, 6) is -1.40. The van der Waals surface area contributed by atoms with E-state index in [1.165, 1.54) is 14.2 Å². The van der Waals surface area contributed by atoms with Crippen LogP contribution in [0.15, 0.2) is 48.5 Å². The van der Waals surface area contributed by atoms with Crippen molar-refractivity contribution in [3.63, 3.8) is 0 Å². The molecular formula is C23H26O5. The van der Waals surface area contributed by atoms with Crippen LogP contribution in [0.3, 0.4) is 0 Å². The van der Waals surface area contributed by atoms with Gasteiger partial charge in [0, 0.05) is 12.8 Å². The minimum atomic E-state index is -0.626. The van der Waals surface area contributed by atoms with Gasteiger partial charge in [-0.25, -0.2) is 4.79 Å². The average molecular weight is 382 g/mol. The summed E-state index contributed by atoms with van der Waals surface area (Å²) < 4.78 is 9.74. The number of hydrogen-bond acceptors (Lipinski definition) is 5. The van der Waals surface area contributed by atoms with E-state index in [2.05, 4.69) is 0 Å². The Morgan fingerprint density at radius 3 is 2.21 bits per heavy atom. The summed E-state index contributed by atoms with van der Waals surface area (Å²) in [7, 11) is 2.67. The molecule has 2 rings (SSSR count). The summed E-state index contributed by atoms with van der Waals surface area (Å²) in [6, 6.07) is 14.5. The van der Waals surface area contributed by atoms with Crippen molar-refractivity contribution in [2.75, 3.05) is 14.2 Å². The largest absolute Gasteiger partial charge is 0.469 e. The molecule has 0 aliphatic rings. The number of carbonyl (C=O) groups is 3. The summed E-state index contributed by atoms with van der Waals surface area (Å²) >= 11 is 0. The minimum Gasteiger partial charge on any atom is -0.469 e. The van der Waals surface area contributed by atoms with Gasteiger partial charge < -0.3 is 9.47 Å². The Bertz CT molecular complexity index is 823. The monoisotopic (exact) mass is 382 g/mol. The van der Waals surface area contributed by atoms with Crippen LogP contribution >= 0.6 is 0 Å². The van der Waals surface area contributed by atoms with Crippen LogP contribution in [0.25, 0.3) is 11.1 Å². The summed E-state index contributed by atoms with van der Waals surface area (Å²) in [6.45, 7) is 2.02. The van der Waals surface area contributed by atoms with E-state index in [0.717, 1.165) is 29.5 Å². The predicted molar refractivity (Wildman–Crippen MR) is 107 cm³/mol. The van der Waals surface area contributed by atoms with Gasteiger partial charge >= 0.3 is 11.9 Å². The van der Waals surface area contributed by atoms with Crippen molar-refractivity contribution in [1.29, 1.82) is 0 Å². The van der Waals surface area contributed by atoms with Crippen molar-refractivity contribution in [2.45, 2.75) is 38.5 Å². The predicted octanol–water partition coefficient (Wildman–Crippen LogP) is 4.55. The van der Waals surface area contributed by atoms with Gasteiger partial charge in [-0.1, -0.05) is 55.8 Å². The summed E-state index contributed by atoms with van der Waals surface area (Å²) in [6.07, 6.45) is 2.35. The average Bonchev–Trinajstić information content (AvgIpc) is 2.75. The lowest BCUT2D eigenvalue weighted by Crippen LogP contribution is -2.18. The molecule has 0 aliphatic heterocycles. The Morgan fingerprint density at radius 2 is 1.61 bits per heavy atom. The Kier molecular flexibility index (Phi) is 7.93. The molecule has 1 atom stereocenters. The first-order valence-corrected chi connectivity index (χ1v) is 9.39. The molecule has 0 saturated heterocycles. The van der Waals surface area contributed by atoms with Crippen molar-refractivity contribution < 1.29 is 23.9 Å². The standard InChI is InChI=1S/C23H26O5/c1-4-5-8-18(24)15-21(23(26)28-3)17-13-11-16(12-14-17)19-9-6-7-10-20(19)22(25)27-2/h6-7,9-14,21H,4-5,8,15H2,1-3H3. The number of methoxy groups -OCH3 is 2. The molecule has 0 N–H and O–H groups in total. The number of esters is 2. The lowest BCUT2D eigenvalue weighted by atomic mass is 9.90. The molecule has 2 aromatic rings. The second-order valence-electron chi connectivity index (χ2n) is 6.58. The van der Waals surface area contributed by atoms with E-state index in [9.17, 15) is 14.4 Å². The van der Waals surface area contributed by atoms with Crippen molar-refractivity contribution >= 4 is 17.7 Å². The summed E-state index contributed by atoms with van der Waals surface area (Å²) in [5.41, 5.74) is 2.76. The Hall–Kier alpha value is -2.95. The van der Waals surface area contributed by atoms with Gasteiger partial charge in [0.15, 0.2) is 0 Å². The number of rotatable bonds is 9. The molecule has 0 amide bonds. The number of ketones is 1. The van der Waals surface area contributed by atoms with Crippen LogP contribution in [0.4, 0.5) is 0 Å². The molecule has 0 spiro atoms. The maximum absolute atomic E-state index is 12.2. The highest BCUT2D eigenvalue weighted by Crippen LogP contribution is 2.28. The third kappa shape index (κ3) is 5.28. The smallest absolute Gasteiger partial charge is 0.338 e. The van der Waals surface area contributed by atoms with Crippen molar-refractivity contribution in [3.05, 3.63) is 59.7 Å².